The van der Waals surface area contributed by atoms with Gasteiger partial charge in [-0.1, -0.05) is 19.1 Å². The number of aryl methyl sites for hydroxylation is 1. The fraction of sp³-hybridized carbons (Fsp3) is 0.500. The number of nitrogens with zero attached hydrogens (tertiary/aromatic N) is 1. The maximum Gasteiger partial charge on any atom is 0.243 e. The second-order valence-corrected chi connectivity index (χ2v) is 7.24. The Morgan fingerprint density at radius 1 is 1.30 bits per heavy atom. The molecule has 6 heteroatoms. The highest BCUT2D eigenvalue weighted by Crippen LogP contribution is 2.31. The molecule has 2 aliphatic rings. The lowest BCUT2D eigenvalue weighted by Gasteiger charge is -2.22. The second-order valence-electron chi connectivity index (χ2n) is 5.35. The van der Waals surface area contributed by atoms with Gasteiger partial charge in [-0.2, -0.15) is 4.31 Å². The summed E-state index contributed by atoms with van der Waals surface area (Å²) in [6.07, 6.45) is 1.85. The standard InChI is InChI=1S/C14H18N2O3S/c1-2-10-3-5-11(6-4-10)20(18,19)16-8-7-12-13(16)9-14(17)15-12/h3-6,12-13H,2,7-9H2,1H3,(H,15,17)/t12-,13+/m0/s1. The maximum atomic E-state index is 12.7. The van der Waals surface area contributed by atoms with Crippen LogP contribution in [0.5, 0.6) is 0 Å². The van der Waals surface area contributed by atoms with E-state index in [-0.39, 0.29) is 24.4 Å². The van der Waals surface area contributed by atoms with E-state index in [2.05, 4.69) is 5.32 Å². The Balaban J connectivity index is 1.89. The first-order valence-corrected chi connectivity index (χ1v) is 8.36. The van der Waals surface area contributed by atoms with E-state index >= 15 is 0 Å². The third-order valence-electron chi connectivity index (χ3n) is 4.17. The molecule has 0 aliphatic carbocycles. The highest BCUT2D eigenvalue weighted by atomic mass is 32.2. The summed E-state index contributed by atoms with van der Waals surface area (Å²) in [5, 5.41) is 2.84. The highest BCUT2D eigenvalue weighted by Gasteiger charge is 2.46. The molecule has 1 amide bonds. The maximum absolute atomic E-state index is 12.7. The van der Waals surface area contributed by atoms with E-state index in [9.17, 15) is 13.2 Å². The third-order valence-corrected chi connectivity index (χ3v) is 6.11. The van der Waals surface area contributed by atoms with Crippen LogP contribution in [0.3, 0.4) is 0 Å². The van der Waals surface area contributed by atoms with E-state index in [0.717, 1.165) is 12.0 Å². The molecule has 20 heavy (non-hydrogen) atoms. The van der Waals surface area contributed by atoms with Gasteiger partial charge in [0.1, 0.15) is 0 Å². The van der Waals surface area contributed by atoms with Crippen LogP contribution in [-0.2, 0) is 21.2 Å². The highest BCUT2D eigenvalue weighted by molar-refractivity contribution is 7.89. The molecule has 1 aromatic carbocycles. The summed E-state index contributed by atoms with van der Waals surface area (Å²) in [5.74, 6) is -0.0544. The minimum absolute atomic E-state index is 0.0211. The predicted octanol–water partition coefficient (Wildman–Crippen LogP) is 0.900. The van der Waals surface area contributed by atoms with Crippen molar-refractivity contribution in [2.24, 2.45) is 0 Å². The number of benzene rings is 1. The molecule has 0 unspecified atom stereocenters. The summed E-state index contributed by atoms with van der Waals surface area (Å²) in [7, 11) is -3.50. The van der Waals surface area contributed by atoms with Crippen LogP contribution in [0.25, 0.3) is 0 Å². The van der Waals surface area contributed by atoms with Crippen molar-refractivity contribution in [3.8, 4) is 0 Å². The van der Waals surface area contributed by atoms with Gasteiger partial charge >= 0.3 is 0 Å². The number of fused-ring (bicyclic) bond motifs is 1. The van der Waals surface area contributed by atoms with Crippen LogP contribution in [0, 0.1) is 0 Å². The second kappa shape index (κ2) is 4.86. The van der Waals surface area contributed by atoms with Crippen LogP contribution in [0.2, 0.25) is 0 Å². The molecule has 108 valence electrons. The molecule has 0 bridgehead atoms. The normalized spacial score (nSPS) is 26.6. The van der Waals surface area contributed by atoms with Crippen molar-refractivity contribution >= 4 is 15.9 Å². The summed E-state index contributed by atoms with van der Waals surface area (Å²) in [5.41, 5.74) is 1.11. The van der Waals surface area contributed by atoms with Crippen molar-refractivity contribution in [1.29, 1.82) is 0 Å². The van der Waals surface area contributed by atoms with Gasteiger partial charge in [0.2, 0.25) is 15.9 Å². The zero-order valence-corrected chi connectivity index (χ0v) is 12.2. The molecule has 0 spiro atoms. The number of amides is 1. The number of nitrogens with one attached hydrogen (secondary N) is 1. The molecule has 1 aromatic rings. The molecule has 2 aliphatic heterocycles. The minimum atomic E-state index is -3.50. The summed E-state index contributed by atoms with van der Waals surface area (Å²) < 4.78 is 26.8. The van der Waals surface area contributed by atoms with Crippen LogP contribution >= 0.6 is 0 Å². The summed E-state index contributed by atoms with van der Waals surface area (Å²) in [4.78, 5) is 11.7. The number of hydrogen-bond acceptors (Lipinski definition) is 3. The average Bonchev–Trinajstić information content (AvgIpc) is 2.97. The van der Waals surface area contributed by atoms with Gasteiger partial charge in [-0.3, -0.25) is 4.79 Å². The molecule has 2 fully saturated rings. The first-order chi connectivity index (χ1) is 9.52. The largest absolute Gasteiger partial charge is 0.352 e. The fourth-order valence-electron chi connectivity index (χ4n) is 3.02. The van der Waals surface area contributed by atoms with Gasteiger partial charge in [0, 0.05) is 19.0 Å². The summed E-state index contributed by atoms with van der Waals surface area (Å²) in [6, 6.07) is 6.76. The van der Waals surface area contributed by atoms with E-state index in [1.165, 1.54) is 4.31 Å². The molecule has 2 heterocycles. The minimum Gasteiger partial charge on any atom is -0.352 e. The molecule has 2 atom stereocenters. The van der Waals surface area contributed by atoms with Crippen molar-refractivity contribution in [1.82, 2.24) is 9.62 Å². The Bertz CT molecular complexity index is 624. The van der Waals surface area contributed by atoms with Crippen LogP contribution in [-0.4, -0.2) is 37.3 Å². The number of hydrogen-bond donors (Lipinski definition) is 1. The lowest BCUT2D eigenvalue weighted by molar-refractivity contribution is -0.119. The van der Waals surface area contributed by atoms with Crippen LogP contribution in [0.1, 0.15) is 25.3 Å². The monoisotopic (exact) mass is 294 g/mol. The van der Waals surface area contributed by atoms with Crippen LogP contribution in [0.15, 0.2) is 29.2 Å². The number of sulfonamides is 1. The lowest BCUT2D eigenvalue weighted by Crippen LogP contribution is -2.38. The molecule has 3 rings (SSSR count). The Hall–Kier alpha value is -1.40. The Morgan fingerprint density at radius 2 is 2.00 bits per heavy atom. The molecular weight excluding hydrogens is 276 g/mol. The number of carbonyl (C=O) groups excluding carboxylic acids is 1. The molecule has 5 nitrogen and oxygen atoms in total. The van der Waals surface area contributed by atoms with E-state index in [1.54, 1.807) is 12.1 Å². The van der Waals surface area contributed by atoms with E-state index < -0.39 is 10.0 Å². The Kier molecular flexibility index (Phi) is 3.30. The van der Waals surface area contributed by atoms with Gasteiger partial charge in [-0.05, 0) is 30.5 Å². The van der Waals surface area contributed by atoms with Gasteiger partial charge in [0.25, 0.3) is 0 Å². The summed E-state index contributed by atoms with van der Waals surface area (Å²) in [6.45, 7) is 2.51. The Morgan fingerprint density at radius 3 is 2.65 bits per heavy atom. The van der Waals surface area contributed by atoms with Crippen LogP contribution in [0.4, 0.5) is 0 Å². The fourth-order valence-corrected chi connectivity index (χ4v) is 4.70. The first-order valence-electron chi connectivity index (χ1n) is 6.92. The topological polar surface area (TPSA) is 66.5 Å². The number of rotatable bonds is 3. The Labute approximate surface area is 119 Å². The van der Waals surface area contributed by atoms with Crippen molar-refractivity contribution in [2.75, 3.05) is 6.54 Å². The quantitative estimate of drug-likeness (QED) is 0.900. The smallest absolute Gasteiger partial charge is 0.243 e. The van der Waals surface area contributed by atoms with Crippen molar-refractivity contribution in [3.63, 3.8) is 0 Å². The first kappa shape index (κ1) is 13.6. The molecule has 0 saturated carbocycles. The third kappa shape index (κ3) is 2.13. The van der Waals surface area contributed by atoms with Gasteiger partial charge < -0.3 is 5.32 Å². The summed E-state index contributed by atoms with van der Waals surface area (Å²) >= 11 is 0. The molecule has 2 saturated heterocycles. The van der Waals surface area contributed by atoms with Gasteiger partial charge in [0.15, 0.2) is 0 Å². The SMILES string of the molecule is CCc1ccc(S(=O)(=O)N2CC[C@@H]3NC(=O)C[C@H]32)cc1. The number of carbonyl (C=O) groups is 1. The zero-order chi connectivity index (χ0) is 14.3. The zero-order valence-electron chi connectivity index (χ0n) is 11.4. The molecule has 1 N–H and O–H groups in total. The van der Waals surface area contributed by atoms with Crippen molar-refractivity contribution in [3.05, 3.63) is 29.8 Å². The molecular formula is C14H18N2O3S. The van der Waals surface area contributed by atoms with E-state index in [1.807, 2.05) is 19.1 Å². The van der Waals surface area contributed by atoms with Crippen molar-refractivity contribution < 1.29 is 13.2 Å². The van der Waals surface area contributed by atoms with E-state index in [0.29, 0.717) is 17.9 Å². The van der Waals surface area contributed by atoms with Crippen LogP contribution < -0.4 is 5.32 Å². The van der Waals surface area contributed by atoms with Crippen molar-refractivity contribution in [2.45, 2.75) is 43.2 Å². The molecule has 0 radical (unpaired) electrons. The predicted molar refractivity (Wildman–Crippen MR) is 74.7 cm³/mol. The van der Waals surface area contributed by atoms with Gasteiger partial charge in [-0.15, -0.1) is 0 Å². The van der Waals surface area contributed by atoms with Gasteiger partial charge in [0.05, 0.1) is 10.9 Å². The van der Waals surface area contributed by atoms with E-state index in [4.69, 9.17) is 0 Å². The molecule has 0 aromatic heterocycles. The lowest BCUT2D eigenvalue weighted by atomic mass is 10.1. The average molecular weight is 294 g/mol. The van der Waals surface area contributed by atoms with Gasteiger partial charge in [-0.25, -0.2) is 8.42 Å².